The summed E-state index contributed by atoms with van der Waals surface area (Å²) >= 11 is 6.04. The molecule has 2 aliphatic heterocycles. The summed E-state index contributed by atoms with van der Waals surface area (Å²) in [6.07, 6.45) is 3.84. The van der Waals surface area contributed by atoms with Crippen LogP contribution >= 0.6 is 11.6 Å². The van der Waals surface area contributed by atoms with Gasteiger partial charge in [-0.3, -0.25) is 9.80 Å². The molecular weight excluding hydrogens is 512 g/mol. The predicted octanol–water partition coefficient (Wildman–Crippen LogP) is 3.18. The number of hydrazine groups is 1. The van der Waals surface area contributed by atoms with Gasteiger partial charge < -0.3 is 10.2 Å². The first-order valence-electron chi connectivity index (χ1n) is 12.5. The van der Waals surface area contributed by atoms with Crippen molar-refractivity contribution in [1.29, 1.82) is 0 Å². The number of carbonyl (C=O) groups excluding carboxylic acids is 1. The smallest absolute Gasteiger partial charge is 0.252 e. The molecule has 5 rings (SSSR count). The van der Waals surface area contributed by atoms with Crippen LogP contribution in [0, 0.1) is 5.92 Å². The molecule has 0 aliphatic carbocycles. The van der Waals surface area contributed by atoms with Crippen LogP contribution in [0.4, 0.5) is 11.5 Å². The van der Waals surface area contributed by atoms with E-state index in [0.29, 0.717) is 24.0 Å². The van der Waals surface area contributed by atoms with Crippen LogP contribution < -0.4 is 15.6 Å². The maximum absolute atomic E-state index is 13.2. The van der Waals surface area contributed by atoms with Crippen LogP contribution in [0.25, 0.3) is 10.8 Å². The third-order valence-electron chi connectivity index (χ3n) is 7.15. The minimum absolute atomic E-state index is 0.178. The van der Waals surface area contributed by atoms with Gasteiger partial charge >= 0.3 is 0 Å². The highest BCUT2D eigenvalue weighted by Gasteiger charge is 2.33. The van der Waals surface area contributed by atoms with E-state index >= 15 is 0 Å². The number of pyridine rings is 1. The molecule has 0 unspecified atom stereocenters. The number of benzene rings is 2. The number of nitrogens with one attached hydrogen (secondary N) is 2. The summed E-state index contributed by atoms with van der Waals surface area (Å²) in [5, 5.41) is 6.90. The van der Waals surface area contributed by atoms with Gasteiger partial charge in [-0.2, -0.15) is 4.31 Å². The summed E-state index contributed by atoms with van der Waals surface area (Å²) in [7, 11) is -1.92. The minimum atomic E-state index is -3.78. The number of piperidine rings is 1. The van der Waals surface area contributed by atoms with E-state index in [1.807, 2.05) is 19.3 Å². The molecule has 0 bridgehead atoms. The number of nitrogens with zero attached hydrogens (tertiary/aromatic N) is 4. The van der Waals surface area contributed by atoms with E-state index in [9.17, 15) is 13.2 Å². The maximum atomic E-state index is 13.2. The number of rotatable bonds is 7. The van der Waals surface area contributed by atoms with Crippen LogP contribution in [-0.4, -0.2) is 74.9 Å². The summed E-state index contributed by atoms with van der Waals surface area (Å²) < 4.78 is 27.7. The van der Waals surface area contributed by atoms with Gasteiger partial charge in [-0.15, -0.1) is 0 Å². The van der Waals surface area contributed by atoms with Gasteiger partial charge in [0.15, 0.2) is 0 Å². The van der Waals surface area contributed by atoms with Crippen molar-refractivity contribution >= 4 is 49.8 Å². The number of hydrogen-bond donors (Lipinski definition) is 2. The average Bonchev–Trinajstić information content (AvgIpc) is 2.92. The molecule has 2 saturated heterocycles. The molecule has 1 aromatic heterocycles. The molecule has 9 nitrogen and oxygen atoms in total. The molecule has 0 saturated carbocycles. The van der Waals surface area contributed by atoms with E-state index in [1.165, 1.54) is 4.31 Å². The Morgan fingerprint density at radius 2 is 1.76 bits per heavy atom. The molecule has 3 heterocycles. The Balaban J connectivity index is 1.13. The monoisotopic (exact) mass is 542 g/mol. The zero-order valence-electron chi connectivity index (χ0n) is 20.7. The number of sulfonamides is 1. The van der Waals surface area contributed by atoms with E-state index in [4.69, 9.17) is 11.6 Å². The molecule has 3 aromatic rings. The van der Waals surface area contributed by atoms with E-state index in [2.05, 4.69) is 26.7 Å². The van der Waals surface area contributed by atoms with Crippen molar-refractivity contribution in [3.63, 3.8) is 0 Å². The van der Waals surface area contributed by atoms with Gasteiger partial charge in [0, 0.05) is 56.2 Å². The second kappa shape index (κ2) is 10.8. The van der Waals surface area contributed by atoms with Crippen LogP contribution in [-0.2, 0) is 14.8 Å². The Morgan fingerprint density at radius 3 is 2.51 bits per heavy atom. The maximum Gasteiger partial charge on any atom is 0.252 e. The standard InChI is InChI=1S/C26H31ClN6O3S/c1-28-25-16-23(6-9-29-25)31-10-7-19(8-11-31)17-30-33-13-12-32(18-26(33)34)37(35,36)24-5-3-20-14-22(27)4-2-21(20)15-24/h2-6,9,14-16,19,30H,7-8,10-13,17-18H2,1H3,(H,28,29). The van der Waals surface area contributed by atoms with Crippen LogP contribution in [0.5, 0.6) is 0 Å². The topological polar surface area (TPSA) is 97.9 Å². The molecule has 37 heavy (non-hydrogen) atoms. The van der Waals surface area contributed by atoms with E-state index in [1.54, 1.807) is 41.4 Å². The average molecular weight is 543 g/mol. The molecule has 2 aliphatic rings. The first-order valence-corrected chi connectivity index (χ1v) is 14.3. The van der Waals surface area contributed by atoms with Crippen LogP contribution in [0.2, 0.25) is 5.02 Å². The fourth-order valence-electron chi connectivity index (χ4n) is 4.92. The van der Waals surface area contributed by atoms with Crippen molar-refractivity contribution < 1.29 is 13.2 Å². The molecule has 11 heteroatoms. The number of amides is 1. The molecule has 0 atom stereocenters. The largest absolute Gasteiger partial charge is 0.373 e. The van der Waals surface area contributed by atoms with Gasteiger partial charge in [0.25, 0.3) is 5.91 Å². The number of aromatic nitrogens is 1. The highest BCUT2D eigenvalue weighted by Crippen LogP contribution is 2.26. The molecule has 2 aromatic carbocycles. The molecule has 0 spiro atoms. The Bertz CT molecular complexity index is 1390. The van der Waals surface area contributed by atoms with Gasteiger partial charge in [-0.25, -0.2) is 18.8 Å². The third-order valence-corrected chi connectivity index (χ3v) is 9.22. The Labute approximate surface area is 222 Å². The minimum Gasteiger partial charge on any atom is -0.373 e. The van der Waals surface area contributed by atoms with Gasteiger partial charge in [-0.05, 0) is 59.9 Å². The van der Waals surface area contributed by atoms with Gasteiger partial charge in [0.2, 0.25) is 10.0 Å². The van der Waals surface area contributed by atoms with Crippen molar-refractivity contribution in [3.05, 3.63) is 59.8 Å². The van der Waals surface area contributed by atoms with Crippen molar-refractivity contribution in [2.75, 3.05) is 56.5 Å². The molecular formula is C26H31ClN6O3S. The fraction of sp³-hybridized carbons (Fsp3) is 0.385. The SMILES string of the molecule is CNc1cc(N2CCC(CNN3CCN(S(=O)(=O)c4ccc5cc(Cl)ccc5c4)CC3=O)CC2)ccn1. The number of hydrogen-bond acceptors (Lipinski definition) is 7. The lowest BCUT2D eigenvalue weighted by Crippen LogP contribution is -2.57. The van der Waals surface area contributed by atoms with Crippen molar-refractivity contribution in [3.8, 4) is 0 Å². The Kier molecular flexibility index (Phi) is 7.52. The second-order valence-corrected chi connectivity index (χ2v) is 11.9. The Hall–Kier alpha value is -2.92. The first kappa shape index (κ1) is 25.7. The summed E-state index contributed by atoms with van der Waals surface area (Å²) in [5.41, 5.74) is 4.43. The summed E-state index contributed by atoms with van der Waals surface area (Å²) in [5.74, 6) is 1.06. The lowest BCUT2D eigenvalue weighted by molar-refractivity contribution is -0.137. The second-order valence-electron chi connectivity index (χ2n) is 9.48. The lowest BCUT2D eigenvalue weighted by atomic mass is 9.96. The van der Waals surface area contributed by atoms with Crippen molar-refractivity contribution in [2.45, 2.75) is 17.7 Å². The number of halogens is 1. The quantitative estimate of drug-likeness (QED) is 0.473. The molecule has 2 fully saturated rings. The number of fused-ring (bicyclic) bond motifs is 1. The van der Waals surface area contributed by atoms with Crippen molar-refractivity contribution in [2.24, 2.45) is 5.92 Å². The van der Waals surface area contributed by atoms with Crippen molar-refractivity contribution in [1.82, 2.24) is 19.7 Å². The summed E-state index contributed by atoms with van der Waals surface area (Å²) in [6.45, 7) is 2.95. The summed E-state index contributed by atoms with van der Waals surface area (Å²) in [4.78, 5) is 19.6. The fourth-order valence-corrected chi connectivity index (χ4v) is 6.51. The normalized spacial score (nSPS) is 17.9. The molecule has 2 N–H and O–H groups in total. The lowest BCUT2D eigenvalue weighted by Gasteiger charge is -2.37. The molecule has 0 radical (unpaired) electrons. The molecule has 196 valence electrons. The van der Waals surface area contributed by atoms with Gasteiger partial charge in [0.05, 0.1) is 18.0 Å². The zero-order valence-corrected chi connectivity index (χ0v) is 22.3. The number of anilines is 2. The molecule has 1 amide bonds. The summed E-state index contributed by atoms with van der Waals surface area (Å²) in [6, 6.07) is 14.4. The number of piperazine rings is 1. The number of carbonyl (C=O) groups is 1. The highest BCUT2D eigenvalue weighted by molar-refractivity contribution is 7.89. The zero-order chi connectivity index (χ0) is 26.0. The third kappa shape index (κ3) is 5.67. The predicted molar refractivity (Wildman–Crippen MR) is 146 cm³/mol. The van der Waals surface area contributed by atoms with E-state index < -0.39 is 10.0 Å². The van der Waals surface area contributed by atoms with Gasteiger partial charge in [-0.1, -0.05) is 23.7 Å². The Morgan fingerprint density at radius 1 is 1.00 bits per heavy atom. The van der Waals surface area contributed by atoms with Gasteiger partial charge in [0.1, 0.15) is 5.82 Å². The van der Waals surface area contributed by atoms with Crippen LogP contribution in [0.15, 0.2) is 59.6 Å². The van der Waals surface area contributed by atoms with E-state index in [-0.39, 0.29) is 23.9 Å². The highest BCUT2D eigenvalue weighted by atomic mass is 35.5. The first-order chi connectivity index (χ1) is 17.8. The van der Waals surface area contributed by atoms with Crippen LogP contribution in [0.3, 0.4) is 0 Å². The van der Waals surface area contributed by atoms with E-state index in [0.717, 1.165) is 48.2 Å². The van der Waals surface area contributed by atoms with Crippen LogP contribution in [0.1, 0.15) is 12.8 Å².